The van der Waals surface area contributed by atoms with Crippen LogP contribution in [0.5, 0.6) is 17.2 Å². The van der Waals surface area contributed by atoms with E-state index in [0.717, 1.165) is 11.3 Å². The van der Waals surface area contributed by atoms with E-state index in [9.17, 15) is 13.6 Å². The highest BCUT2D eigenvalue weighted by Gasteiger charge is 2.25. The maximum absolute atomic E-state index is 12.7. The second-order valence-electron chi connectivity index (χ2n) is 5.90. The summed E-state index contributed by atoms with van der Waals surface area (Å²) in [6.07, 6.45) is 1.59. The fraction of sp³-hybridized carbons (Fsp3) is 0.200. The predicted octanol–water partition coefficient (Wildman–Crippen LogP) is 4.51. The number of para-hydroxylation sites is 1. The van der Waals surface area contributed by atoms with E-state index >= 15 is 0 Å². The Bertz CT molecular complexity index is 967. The van der Waals surface area contributed by atoms with Crippen LogP contribution in [0.4, 0.5) is 14.5 Å². The summed E-state index contributed by atoms with van der Waals surface area (Å²) < 4.78 is 40.1. The molecule has 1 saturated heterocycles. The van der Waals surface area contributed by atoms with Crippen LogP contribution in [-0.2, 0) is 4.79 Å². The maximum atomic E-state index is 12.7. The van der Waals surface area contributed by atoms with Gasteiger partial charge in [0, 0.05) is 0 Å². The third-order valence-corrected chi connectivity index (χ3v) is 4.89. The molecule has 1 aliphatic heterocycles. The van der Waals surface area contributed by atoms with Crippen molar-refractivity contribution in [2.45, 2.75) is 13.5 Å². The Labute approximate surface area is 170 Å². The van der Waals surface area contributed by atoms with Crippen molar-refractivity contribution in [1.82, 2.24) is 5.32 Å². The van der Waals surface area contributed by atoms with E-state index < -0.39 is 6.61 Å². The summed E-state index contributed by atoms with van der Waals surface area (Å²) in [6, 6.07) is 10.5. The molecule has 29 heavy (non-hydrogen) atoms. The van der Waals surface area contributed by atoms with Crippen LogP contribution >= 0.6 is 11.8 Å². The summed E-state index contributed by atoms with van der Waals surface area (Å²) in [5.41, 5.74) is 2.26. The second-order valence-corrected chi connectivity index (χ2v) is 6.93. The molecule has 9 heteroatoms. The van der Waals surface area contributed by atoms with Crippen molar-refractivity contribution in [3.63, 3.8) is 0 Å². The van der Waals surface area contributed by atoms with Crippen molar-refractivity contribution in [2.24, 2.45) is 4.99 Å². The highest BCUT2D eigenvalue weighted by atomic mass is 32.2. The number of ether oxygens (including phenoxy) is 3. The molecule has 0 unspecified atom stereocenters. The van der Waals surface area contributed by atoms with Gasteiger partial charge in [-0.3, -0.25) is 4.79 Å². The van der Waals surface area contributed by atoms with E-state index in [1.165, 1.54) is 38.1 Å². The molecule has 1 aliphatic rings. The van der Waals surface area contributed by atoms with Gasteiger partial charge < -0.3 is 19.5 Å². The van der Waals surface area contributed by atoms with E-state index in [4.69, 9.17) is 9.47 Å². The number of aliphatic imine (C=N–C) groups is 1. The first-order valence-corrected chi connectivity index (χ1v) is 9.29. The number of amides is 1. The van der Waals surface area contributed by atoms with Crippen molar-refractivity contribution >= 4 is 34.6 Å². The number of hydrogen-bond donors (Lipinski definition) is 1. The Hall–Kier alpha value is -3.07. The van der Waals surface area contributed by atoms with Gasteiger partial charge in [-0.15, -0.1) is 0 Å². The van der Waals surface area contributed by atoms with Gasteiger partial charge in [0.15, 0.2) is 16.7 Å². The molecule has 0 bridgehead atoms. The van der Waals surface area contributed by atoms with Gasteiger partial charge in [-0.05, 0) is 54.1 Å². The van der Waals surface area contributed by atoms with Gasteiger partial charge >= 0.3 is 6.61 Å². The minimum absolute atomic E-state index is 0.0636. The molecule has 1 amide bonds. The Kier molecular flexibility index (Phi) is 6.38. The van der Waals surface area contributed by atoms with E-state index in [-0.39, 0.29) is 23.2 Å². The lowest BCUT2D eigenvalue weighted by Crippen LogP contribution is -2.19. The van der Waals surface area contributed by atoms with Crippen molar-refractivity contribution < 1.29 is 27.8 Å². The Morgan fingerprint density at radius 3 is 2.38 bits per heavy atom. The highest BCUT2D eigenvalue weighted by molar-refractivity contribution is 8.18. The van der Waals surface area contributed by atoms with Crippen molar-refractivity contribution in [3.8, 4) is 17.2 Å². The minimum atomic E-state index is -3.03. The number of aryl methyl sites for hydroxylation is 1. The number of alkyl halides is 2. The summed E-state index contributed by atoms with van der Waals surface area (Å²) in [5.74, 6) is -0.395. The number of nitrogens with one attached hydrogen (secondary N) is 1. The molecule has 0 aliphatic carbocycles. The number of carbonyl (C=O) groups excluding carboxylic acids is 1. The van der Waals surface area contributed by atoms with Crippen LogP contribution in [0, 0.1) is 6.92 Å². The van der Waals surface area contributed by atoms with Gasteiger partial charge in [0.05, 0.1) is 24.8 Å². The summed E-state index contributed by atoms with van der Waals surface area (Å²) in [5, 5.41) is 3.17. The van der Waals surface area contributed by atoms with Crippen LogP contribution in [0.2, 0.25) is 0 Å². The molecular weight excluding hydrogens is 402 g/mol. The number of nitrogens with zero attached hydrogens (tertiary/aromatic N) is 1. The zero-order chi connectivity index (χ0) is 21.0. The van der Waals surface area contributed by atoms with Crippen LogP contribution in [0.25, 0.3) is 6.08 Å². The lowest BCUT2D eigenvalue weighted by Gasteiger charge is -2.14. The third-order valence-electron chi connectivity index (χ3n) is 3.98. The summed E-state index contributed by atoms with van der Waals surface area (Å²) >= 11 is 1.18. The minimum Gasteiger partial charge on any atom is -0.493 e. The maximum Gasteiger partial charge on any atom is 0.387 e. The van der Waals surface area contributed by atoms with E-state index in [2.05, 4.69) is 15.0 Å². The first kappa shape index (κ1) is 20.7. The summed E-state index contributed by atoms with van der Waals surface area (Å²) in [4.78, 5) is 17.2. The van der Waals surface area contributed by atoms with Gasteiger partial charge in [0.1, 0.15) is 0 Å². The molecule has 1 heterocycles. The molecule has 2 aromatic carbocycles. The Morgan fingerprint density at radius 2 is 1.79 bits per heavy atom. The van der Waals surface area contributed by atoms with Crippen LogP contribution in [0.15, 0.2) is 46.3 Å². The van der Waals surface area contributed by atoms with Gasteiger partial charge in [-0.25, -0.2) is 4.99 Å². The van der Waals surface area contributed by atoms with E-state index in [1.54, 1.807) is 6.08 Å². The molecular formula is C20H18F2N2O4S. The van der Waals surface area contributed by atoms with Gasteiger partial charge in [-0.1, -0.05) is 18.2 Å². The number of hydrogen-bond acceptors (Lipinski definition) is 6. The first-order chi connectivity index (χ1) is 13.9. The van der Waals surface area contributed by atoms with E-state index in [0.29, 0.717) is 15.6 Å². The SMILES string of the molecule is COc1cc(/C=C2\SC(=Nc3ccccc3C)NC2=O)cc(OC)c1OC(F)F. The first-order valence-electron chi connectivity index (χ1n) is 8.47. The average molecular weight is 420 g/mol. The van der Waals surface area contributed by atoms with E-state index in [1.807, 2.05) is 31.2 Å². The van der Waals surface area contributed by atoms with Crippen LogP contribution in [-0.4, -0.2) is 31.9 Å². The smallest absolute Gasteiger partial charge is 0.387 e. The Morgan fingerprint density at radius 1 is 1.14 bits per heavy atom. The van der Waals surface area contributed by atoms with Crippen molar-refractivity contribution in [2.75, 3.05) is 14.2 Å². The van der Waals surface area contributed by atoms with Crippen molar-refractivity contribution in [3.05, 3.63) is 52.4 Å². The fourth-order valence-electron chi connectivity index (χ4n) is 2.62. The molecule has 6 nitrogen and oxygen atoms in total. The lowest BCUT2D eigenvalue weighted by atomic mass is 10.1. The number of methoxy groups -OCH3 is 2. The topological polar surface area (TPSA) is 69.2 Å². The number of carbonyl (C=O) groups is 1. The quantitative estimate of drug-likeness (QED) is 0.697. The molecule has 0 spiro atoms. The normalized spacial score (nSPS) is 16.4. The number of halogens is 2. The third kappa shape index (κ3) is 4.86. The second kappa shape index (κ2) is 8.95. The molecule has 152 valence electrons. The molecule has 0 aromatic heterocycles. The molecule has 0 radical (unpaired) electrons. The molecule has 2 aromatic rings. The summed E-state index contributed by atoms with van der Waals surface area (Å²) in [6.45, 7) is -1.10. The molecule has 1 fully saturated rings. The predicted molar refractivity (Wildman–Crippen MR) is 108 cm³/mol. The standard InChI is InChI=1S/C20H18F2N2O4S/c1-11-6-4-5-7-13(11)23-20-24-18(25)16(29-20)10-12-8-14(26-2)17(28-19(21)22)15(9-12)27-3/h4-10,19H,1-3H3,(H,23,24,25)/b16-10-. The average Bonchev–Trinajstić information content (AvgIpc) is 3.03. The number of amidine groups is 1. The van der Waals surface area contributed by atoms with Crippen LogP contribution < -0.4 is 19.5 Å². The van der Waals surface area contributed by atoms with Crippen LogP contribution in [0.3, 0.4) is 0 Å². The van der Waals surface area contributed by atoms with Gasteiger partial charge in [0.25, 0.3) is 5.91 Å². The highest BCUT2D eigenvalue weighted by Crippen LogP contribution is 2.40. The van der Waals surface area contributed by atoms with Gasteiger partial charge in [-0.2, -0.15) is 8.78 Å². The largest absolute Gasteiger partial charge is 0.493 e. The van der Waals surface area contributed by atoms with Gasteiger partial charge in [0.2, 0.25) is 5.75 Å². The van der Waals surface area contributed by atoms with Crippen molar-refractivity contribution in [1.29, 1.82) is 0 Å². The zero-order valence-electron chi connectivity index (χ0n) is 15.9. The molecule has 3 rings (SSSR count). The lowest BCUT2D eigenvalue weighted by molar-refractivity contribution is -0.115. The molecule has 1 N–H and O–H groups in total. The molecule has 0 saturated carbocycles. The molecule has 0 atom stereocenters. The monoisotopic (exact) mass is 420 g/mol. The number of thioether (sulfide) groups is 1. The number of benzene rings is 2. The Balaban J connectivity index is 1.92. The van der Waals surface area contributed by atoms with Crippen LogP contribution in [0.1, 0.15) is 11.1 Å². The zero-order valence-corrected chi connectivity index (χ0v) is 16.7. The fourth-order valence-corrected chi connectivity index (χ4v) is 3.45. The number of rotatable bonds is 6. The summed E-state index contributed by atoms with van der Waals surface area (Å²) in [7, 11) is 2.65.